The van der Waals surface area contributed by atoms with Gasteiger partial charge >= 0.3 is 0 Å². The van der Waals surface area contributed by atoms with Crippen molar-refractivity contribution in [2.24, 2.45) is 0 Å². The first-order valence-electron chi connectivity index (χ1n) is 8.21. The standard InChI is InChI=1S/C21H17Cl2N2OP/c22-20(17-8-3-1-4-9-17)15-27(26,25-19-12-7-13-24-14-19)16-21(23)18-10-5-2-6-11-18/h1-16H,(H,25,26)/b20-15-,21-16?. The lowest BCUT2D eigenvalue weighted by Crippen LogP contribution is -1.94. The molecule has 27 heavy (non-hydrogen) atoms. The Balaban J connectivity index is 2.02. The molecule has 3 rings (SSSR count). The van der Waals surface area contributed by atoms with Crippen LogP contribution in [0.15, 0.2) is 96.8 Å². The summed E-state index contributed by atoms with van der Waals surface area (Å²) in [5.74, 6) is 3.03. The molecule has 0 aliphatic heterocycles. The van der Waals surface area contributed by atoms with Crippen LogP contribution >= 0.6 is 30.5 Å². The second kappa shape index (κ2) is 9.05. The van der Waals surface area contributed by atoms with Crippen molar-refractivity contribution in [1.82, 2.24) is 4.98 Å². The van der Waals surface area contributed by atoms with E-state index in [0.29, 0.717) is 15.8 Å². The quantitative estimate of drug-likeness (QED) is 0.431. The summed E-state index contributed by atoms with van der Waals surface area (Å²) < 4.78 is 13.7. The van der Waals surface area contributed by atoms with Crippen molar-refractivity contribution < 1.29 is 4.57 Å². The van der Waals surface area contributed by atoms with Crippen molar-refractivity contribution in [2.75, 3.05) is 5.09 Å². The minimum Gasteiger partial charge on any atom is -0.329 e. The maximum absolute atomic E-state index is 13.7. The van der Waals surface area contributed by atoms with Crippen LogP contribution in [0.3, 0.4) is 0 Å². The lowest BCUT2D eigenvalue weighted by atomic mass is 10.2. The minimum atomic E-state index is -3.26. The molecule has 0 spiro atoms. The molecular weight excluding hydrogens is 398 g/mol. The molecule has 0 saturated carbocycles. The number of benzene rings is 2. The summed E-state index contributed by atoms with van der Waals surface area (Å²) >= 11 is 12.9. The van der Waals surface area contributed by atoms with Gasteiger partial charge < -0.3 is 5.09 Å². The molecule has 0 radical (unpaired) electrons. The molecule has 136 valence electrons. The second-order valence-corrected chi connectivity index (χ2v) is 8.72. The zero-order chi connectivity index (χ0) is 19.1. The van der Waals surface area contributed by atoms with Gasteiger partial charge in [0.15, 0.2) is 0 Å². The largest absolute Gasteiger partial charge is 0.329 e. The predicted molar refractivity (Wildman–Crippen MR) is 116 cm³/mol. The number of aromatic nitrogens is 1. The van der Waals surface area contributed by atoms with Crippen LogP contribution < -0.4 is 5.09 Å². The fourth-order valence-electron chi connectivity index (χ4n) is 2.41. The fraction of sp³-hybridized carbons (Fsp3) is 0. The van der Waals surface area contributed by atoms with Crippen molar-refractivity contribution >= 4 is 46.2 Å². The summed E-state index contributed by atoms with van der Waals surface area (Å²) in [5, 5.41) is 3.79. The lowest BCUT2D eigenvalue weighted by Gasteiger charge is -2.15. The molecule has 3 nitrogen and oxygen atoms in total. The molecule has 0 fully saturated rings. The molecule has 1 unspecified atom stereocenters. The molecule has 0 bridgehead atoms. The number of rotatable bonds is 6. The molecule has 1 heterocycles. The van der Waals surface area contributed by atoms with E-state index in [0.717, 1.165) is 11.1 Å². The van der Waals surface area contributed by atoms with Gasteiger partial charge in [-0.2, -0.15) is 0 Å². The number of anilines is 1. The Bertz CT molecular complexity index is 931. The molecule has 0 aliphatic carbocycles. The van der Waals surface area contributed by atoms with Gasteiger partial charge in [-0.1, -0.05) is 83.9 Å². The molecule has 1 atom stereocenters. The number of hydrogen-bond acceptors (Lipinski definition) is 2. The monoisotopic (exact) mass is 414 g/mol. The third-order valence-electron chi connectivity index (χ3n) is 3.67. The summed E-state index contributed by atoms with van der Waals surface area (Å²) in [6.45, 7) is 0. The highest BCUT2D eigenvalue weighted by atomic mass is 35.5. The average molecular weight is 415 g/mol. The molecular formula is C21H17Cl2N2OP. The van der Waals surface area contributed by atoms with Gasteiger partial charge in [-0.15, -0.1) is 0 Å². The Kier molecular flexibility index (Phi) is 6.52. The molecule has 3 aromatic rings. The molecule has 0 amide bonds. The molecule has 0 saturated heterocycles. The summed E-state index contributed by atoms with van der Waals surface area (Å²) in [5.41, 5.74) is 2.16. The maximum atomic E-state index is 13.7. The van der Waals surface area contributed by atoms with Gasteiger partial charge in [0, 0.05) is 17.8 Å². The van der Waals surface area contributed by atoms with Crippen LogP contribution in [0.5, 0.6) is 0 Å². The van der Waals surface area contributed by atoms with E-state index in [9.17, 15) is 4.57 Å². The van der Waals surface area contributed by atoms with E-state index >= 15 is 0 Å². The second-order valence-electron chi connectivity index (χ2n) is 5.75. The van der Waals surface area contributed by atoms with Crippen LogP contribution in [-0.2, 0) is 4.57 Å². The lowest BCUT2D eigenvalue weighted by molar-refractivity contribution is 0.589. The molecule has 1 aromatic heterocycles. The SMILES string of the molecule is O=P(C=C(Cl)c1ccccc1)(/C=C(\Cl)c1ccccc1)Nc1cccnc1. The highest BCUT2D eigenvalue weighted by Gasteiger charge is 2.19. The molecule has 6 heteroatoms. The number of nitrogens with zero attached hydrogens (tertiary/aromatic N) is 1. The van der Waals surface area contributed by atoms with Crippen LogP contribution in [0.25, 0.3) is 10.1 Å². The van der Waals surface area contributed by atoms with Gasteiger partial charge in [0.05, 0.1) is 21.9 Å². The number of halogens is 2. The van der Waals surface area contributed by atoms with Crippen molar-refractivity contribution in [3.05, 3.63) is 108 Å². The molecule has 2 aromatic carbocycles. The number of nitrogens with one attached hydrogen (secondary N) is 1. The van der Waals surface area contributed by atoms with E-state index < -0.39 is 7.29 Å². The molecule has 1 N–H and O–H groups in total. The predicted octanol–water partition coefficient (Wildman–Crippen LogP) is 7.25. The van der Waals surface area contributed by atoms with E-state index in [1.807, 2.05) is 60.7 Å². The van der Waals surface area contributed by atoms with E-state index in [-0.39, 0.29) is 0 Å². The van der Waals surface area contributed by atoms with Gasteiger partial charge in [0.2, 0.25) is 7.29 Å². The zero-order valence-corrected chi connectivity index (χ0v) is 16.7. The maximum Gasteiger partial charge on any atom is 0.216 e. The van der Waals surface area contributed by atoms with Gasteiger partial charge in [-0.25, -0.2) is 0 Å². The van der Waals surface area contributed by atoms with Gasteiger partial charge in [0.25, 0.3) is 0 Å². The summed E-state index contributed by atoms with van der Waals surface area (Å²) in [4.78, 5) is 4.05. The molecule has 0 aliphatic rings. The topological polar surface area (TPSA) is 42.0 Å². The first-order chi connectivity index (χ1) is 13.1. The zero-order valence-electron chi connectivity index (χ0n) is 14.3. The first kappa shape index (κ1) is 19.4. The van der Waals surface area contributed by atoms with Crippen LogP contribution in [-0.4, -0.2) is 4.98 Å². The Morgan fingerprint density at radius 2 is 1.33 bits per heavy atom. The summed E-state index contributed by atoms with van der Waals surface area (Å²) in [7, 11) is -3.26. The van der Waals surface area contributed by atoms with E-state index in [1.165, 1.54) is 11.6 Å². The van der Waals surface area contributed by atoms with Crippen LogP contribution in [0.4, 0.5) is 5.69 Å². The van der Waals surface area contributed by atoms with E-state index in [1.54, 1.807) is 24.5 Å². The highest BCUT2D eigenvalue weighted by Crippen LogP contribution is 2.53. The van der Waals surface area contributed by atoms with Crippen molar-refractivity contribution in [2.45, 2.75) is 0 Å². The van der Waals surface area contributed by atoms with Crippen molar-refractivity contribution in [3.63, 3.8) is 0 Å². The minimum absolute atomic E-state index is 0.379. The fourth-order valence-corrected chi connectivity index (χ4v) is 5.25. The number of hydrogen-bond donors (Lipinski definition) is 1. The summed E-state index contributed by atoms with van der Waals surface area (Å²) in [6.07, 6.45) is 3.25. The number of pyridine rings is 1. The Hall–Kier alpha value is -2.32. The van der Waals surface area contributed by atoms with Gasteiger partial charge in [-0.05, 0) is 23.3 Å². The van der Waals surface area contributed by atoms with Crippen LogP contribution in [0.1, 0.15) is 11.1 Å². The Labute approximate surface area is 168 Å². The van der Waals surface area contributed by atoms with Crippen LogP contribution in [0.2, 0.25) is 0 Å². The van der Waals surface area contributed by atoms with Gasteiger partial charge in [0.1, 0.15) is 0 Å². The van der Waals surface area contributed by atoms with Gasteiger partial charge in [-0.3, -0.25) is 9.55 Å². The average Bonchev–Trinajstić information content (AvgIpc) is 2.69. The van der Waals surface area contributed by atoms with E-state index in [4.69, 9.17) is 23.2 Å². The van der Waals surface area contributed by atoms with Crippen molar-refractivity contribution in [1.29, 1.82) is 0 Å². The normalized spacial score (nSPS) is 14.4. The smallest absolute Gasteiger partial charge is 0.216 e. The third-order valence-corrected chi connectivity index (χ3v) is 6.52. The third kappa shape index (κ3) is 5.58. The van der Waals surface area contributed by atoms with Crippen LogP contribution in [0, 0.1) is 0 Å². The van der Waals surface area contributed by atoms with E-state index in [2.05, 4.69) is 10.1 Å². The summed E-state index contributed by atoms with van der Waals surface area (Å²) in [6, 6.07) is 22.3. The Morgan fingerprint density at radius 3 is 1.78 bits per heavy atom. The van der Waals surface area contributed by atoms with Crippen molar-refractivity contribution in [3.8, 4) is 0 Å². The first-order valence-corrected chi connectivity index (χ1v) is 10.8. The highest BCUT2D eigenvalue weighted by molar-refractivity contribution is 7.72. The Morgan fingerprint density at radius 1 is 0.815 bits per heavy atom.